The molecule has 3 heterocycles. The van der Waals surface area contributed by atoms with Crippen molar-refractivity contribution in [3.8, 4) is 5.82 Å². The second kappa shape index (κ2) is 8.53. The number of likely N-dealkylation sites (N-methyl/N-ethyl adjacent to an activating group) is 1. The fourth-order valence-corrected chi connectivity index (χ4v) is 5.37. The number of aromatic nitrogens is 3. The zero-order chi connectivity index (χ0) is 23.0. The van der Waals surface area contributed by atoms with Gasteiger partial charge in [0.05, 0.1) is 11.1 Å². The van der Waals surface area contributed by atoms with Gasteiger partial charge in [-0.1, -0.05) is 0 Å². The summed E-state index contributed by atoms with van der Waals surface area (Å²) in [7, 11) is 0.227. The first-order chi connectivity index (χ1) is 15.2. The molecule has 0 saturated carbocycles. The topological polar surface area (TPSA) is 92.5 Å². The molecule has 32 heavy (non-hydrogen) atoms. The maximum Gasteiger partial charge on any atom is 0.261 e. The molecule has 1 aromatic carbocycles. The zero-order valence-corrected chi connectivity index (χ0v) is 19.6. The Morgan fingerprint density at radius 1 is 0.938 bits per heavy atom. The predicted molar refractivity (Wildman–Crippen MR) is 123 cm³/mol. The fourth-order valence-electron chi connectivity index (χ4n) is 3.95. The van der Waals surface area contributed by atoms with Gasteiger partial charge in [-0.2, -0.15) is 9.40 Å². The molecule has 0 bridgehead atoms. The zero-order valence-electron chi connectivity index (χ0n) is 18.7. The number of piperazine rings is 1. The highest BCUT2D eigenvalue weighted by Gasteiger charge is 2.27. The van der Waals surface area contributed by atoms with Gasteiger partial charge in [-0.3, -0.25) is 9.48 Å². The van der Waals surface area contributed by atoms with Crippen LogP contribution in [0.15, 0.2) is 47.5 Å². The number of nitrogens with zero attached hydrogens (tertiary/aromatic N) is 5. The van der Waals surface area contributed by atoms with Gasteiger partial charge < -0.3 is 14.8 Å². The Bertz CT molecular complexity index is 1220. The molecular weight excluding hydrogens is 428 g/mol. The Kier molecular flexibility index (Phi) is 5.93. The van der Waals surface area contributed by atoms with E-state index in [1.165, 1.54) is 22.6 Å². The van der Waals surface area contributed by atoms with Crippen LogP contribution in [-0.2, 0) is 17.1 Å². The number of nitrogens with one attached hydrogen (secondary N) is 1. The lowest BCUT2D eigenvalue weighted by Crippen LogP contribution is -2.46. The standard InChI is InChI=1S/C22H28N6O3S/c1-16-5-6-17(2)28(16)22-20(15-23-26(22)4)21(29)24-18-7-9-19(10-8-18)32(30,31)27-13-11-25(3)12-14-27/h5-10,15H,11-14H2,1-4H3,(H,24,29). The van der Waals surface area contributed by atoms with Gasteiger partial charge in [-0.05, 0) is 57.3 Å². The van der Waals surface area contributed by atoms with Crippen molar-refractivity contribution in [2.45, 2.75) is 18.7 Å². The number of rotatable bonds is 5. The van der Waals surface area contributed by atoms with Gasteiger partial charge in [0.1, 0.15) is 11.4 Å². The lowest BCUT2D eigenvalue weighted by atomic mass is 10.2. The van der Waals surface area contributed by atoms with Crippen molar-refractivity contribution in [3.05, 3.63) is 59.5 Å². The van der Waals surface area contributed by atoms with Gasteiger partial charge in [0, 0.05) is 50.3 Å². The third kappa shape index (κ3) is 4.08. The minimum Gasteiger partial charge on any atom is -0.322 e. The lowest BCUT2D eigenvalue weighted by molar-refractivity contribution is 0.102. The van der Waals surface area contributed by atoms with E-state index < -0.39 is 10.0 Å². The Morgan fingerprint density at radius 3 is 2.12 bits per heavy atom. The van der Waals surface area contributed by atoms with Crippen LogP contribution in [0.3, 0.4) is 0 Å². The summed E-state index contributed by atoms with van der Waals surface area (Å²) in [5.74, 6) is 0.368. The molecular formula is C22H28N6O3S. The molecule has 1 aliphatic rings. The van der Waals surface area contributed by atoms with E-state index in [0.717, 1.165) is 11.4 Å². The average Bonchev–Trinajstić information content (AvgIpc) is 3.29. The molecule has 1 amide bonds. The van der Waals surface area contributed by atoms with E-state index in [4.69, 9.17) is 0 Å². The normalized spacial score (nSPS) is 15.8. The number of aryl methyl sites for hydroxylation is 3. The van der Waals surface area contributed by atoms with Crippen molar-refractivity contribution < 1.29 is 13.2 Å². The molecule has 170 valence electrons. The molecule has 2 aromatic heterocycles. The summed E-state index contributed by atoms with van der Waals surface area (Å²) in [6, 6.07) is 10.3. The molecule has 0 atom stereocenters. The third-order valence-corrected chi connectivity index (χ3v) is 7.76. The van der Waals surface area contributed by atoms with Gasteiger partial charge in [0.15, 0.2) is 0 Å². The number of anilines is 1. The molecule has 10 heteroatoms. The smallest absolute Gasteiger partial charge is 0.261 e. The number of hydrogen-bond acceptors (Lipinski definition) is 5. The van der Waals surface area contributed by atoms with Crippen LogP contribution in [0.25, 0.3) is 5.82 Å². The largest absolute Gasteiger partial charge is 0.322 e. The van der Waals surface area contributed by atoms with E-state index in [9.17, 15) is 13.2 Å². The second-order valence-corrected chi connectivity index (χ2v) is 10.1. The first kappa shape index (κ1) is 22.3. The molecule has 1 saturated heterocycles. The number of carbonyl (C=O) groups is 1. The van der Waals surface area contributed by atoms with Gasteiger partial charge in [0.2, 0.25) is 10.0 Å². The van der Waals surface area contributed by atoms with Crippen LogP contribution < -0.4 is 5.32 Å². The number of carbonyl (C=O) groups excluding carboxylic acids is 1. The summed E-state index contributed by atoms with van der Waals surface area (Å²) in [4.78, 5) is 15.3. The highest BCUT2D eigenvalue weighted by atomic mass is 32.2. The third-order valence-electron chi connectivity index (χ3n) is 5.85. The maximum absolute atomic E-state index is 13.0. The SMILES string of the molecule is Cc1ccc(C)n1-c1c(C(=O)Nc2ccc(S(=O)(=O)N3CCN(C)CC3)cc2)cnn1C. The summed E-state index contributed by atoms with van der Waals surface area (Å²) < 4.78 is 30.9. The van der Waals surface area contributed by atoms with E-state index >= 15 is 0 Å². The summed E-state index contributed by atoms with van der Waals surface area (Å²) >= 11 is 0. The summed E-state index contributed by atoms with van der Waals surface area (Å²) in [6.45, 7) is 6.31. The van der Waals surface area contributed by atoms with Gasteiger partial charge in [0.25, 0.3) is 5.91 Å². The lowest BCUT2D eigenvalue weighted by Gasteiger charge is -2.31. The Balaban J connectivity index is 1.53. The summed E-state index contributed by atoms with van der Waals surface area (Å²) in [5.41, 5.74) is 2.95. The Labute approximate surface area is 188 Å². The maximum atomic E-state index is 13.0. The number of hydrogen-bond donors (Lipinski definition) is 1. The molecule has 1 fully saturated rings. The van der Waals surface area contributed by atoms with Crippen LogP contribution in [0.5, 0.6) is 0 Å². The molecule has 0 radical (unpaired) electrons. The van der Waals surface area contributed by atoms with Crippen LogP contribution in [0.2, 0.25) is 0 Å². The van der Waals surface area contributed by atoms with Crippen molar-refractivity contribution in [1.29, 1.82) is 0 Å². The predicted octanol–water partition coefficient (Wildman–Crippen LogP) is 2.02. The van der Waals surface area contributed by atoms with Crippen molar-refractivity contribution in [2.24, 2.45) is 7.05 Å². The summed E-state index contributed by atoms with van der Waals surface area (Å²) in [5, 5.41) is 7.12. The highest BCUT2D eigenvalue weighted by molar-refractivity contribution is 7.89. The molecule has 3 aromatic rings. The molecule has 0 spiro atoms. The number of sulfonamides is 1. The van der Waals surface area contributed by atoms with E-state index in [1.807, 2.05) is 37.6 Å². The molecule has 9 nitrogen and oxygen atoms in total. The van der Waals surface area contributed by atoms with Gasteiger partial charge >= 0.3 is 0 Å². The molecule has 1 N–H and O–H groups in total. The van der Waals surface area contributed by atoms with Crippen LogP contribution in [0.4, 0.5) is 5.69 Å². The Hall–Kier alpha value is -2.95. The minimum atomic E-state index is -3.55. The van der Waals surface area contributed by atoms with E-state index in [-0.39, 0.29) is 10.8 Å². The van der Waals surface area contributed by atoms with Crippen LogP contribution in [0.1, 0.15) is 21.7 Å². The van der Waals surface area contributed by atoms with Crippen molar-refractivity contribution in [1.82, 2.24) is 23.6 Å². The first-order valence-corrected chi connectivity index (χ1v) is 11.9. The van der Waals surface area contributed by atoms with E-state index in [2.05, 4.69) is 15.3 Å². The van der Waals surface area contributed by atoms with Gasteiger partial charge in [-0.15, -0.1) is 0 Å². The number of benzene rings is 1. The number of amides is 1. The van der Waals surface area contributed by atoms with Crippen molar-refractivity contribution >= 4 is 21.6 Å². The van der Waals surface area contributed by atoms with E-state index in [0.29, 0.717) is 43.2 Å². The summed E-state index contributed by atoms with van der Waals surface area (Å²) in [6.07, 6.45) is 1.54. The fraction of sp³-hybridized carbons (Fsp3) is 0.364. The second-order valence-electron chi connectivity index (χ2n) is 8.14. The van der Waals surface area contributed by atoms with Crippen molar-refractivity contribution in [3.63, 3.8) is 0 Å². The van der Waals surface area contributed by atoms with Crippen LogP contribution >= 0.6 is 0 Å². The Morgan fingerprint density at radius 2 is 1.53 bits per heavy atom. The van der Waals surface area contributed by atoms with E-state index in [1.54, 1.807) is 23.9 Å². The minimum absolute atomic E-state index is 0.223. The first-order valence-electron chi connectivity index (χ1n) is 10.5. The quantitative estimate of drug-likeness (QED) is 0.634. The molecule has 0 aliphatic carbocycles. The average molecular weight is 457 g/mol. The monoisotopic (exact) mass is 456 g/mol. The molecule has 1 aliphatic heterocycles. The molecule has 0 unspecified atom stereocenters. The highest BCUT2D eigenvalue weighted by Crippen LogP contribution is 2.23. The van der Waals surface area contributed by atoms with Crippen LogP contribution in [0, 0.1) is 13.8 Å². The molecule has 4 rings (SSSR count). The van der Waals surface area contributed by atoms with Crippen LogP contribution in [-0.4, -0.2) is 71.1 Å². The van der Waals surface area contributed by atoms with Gasteiger partial charge in [-0.25, -0.2) is 8.42 Å². The van der Waals surface area contributed by atoms with Crippen molar-refractivity contribution in [2.75, 3.05) is 38.5 Å².